The zero-order chi connectivity index (χ0) is 17.7. The second-order valence-corrected chi connectivity index (χ2v) is 9.16. The molecule has 0 unspecified atom stereocenters. The Bertz CT molecular complexity index is 934. The predicted octanol–water partition coefficient (Wildman–Crippen LogP) is 4.52. The zero-order valence-corrected chi connectivity index (χ0v) is 15.3. The standard InChI is InChI=1S/C21H23NO2S/c1-15-3-5-16(6-4-15)19-13-21(11-2-12-21)14-20(19)17-7-9-18(10-8-17)25(22,23)24/h3-10H,2,11-14H2,1H3,(H2,22,23,24). The summed E-state index contributed by atoms with van der Waals surface area (Å²) in [6.45, 7) is 2.10. The van der Waals surface area contributed by atoms with E-state index in [0.717, 1.165) is 18.4 Å². The molecule has 0 aromatic heterocycles. The average molecular weight is 353 g/mol. The summed E-state index contributed by atoms with van der Waals surface area (Å²) in [6.07, 6.45) is 6.12. The van der Waals surface area contributed by atoms with Crippen LogP contribution >= 0.6 is 0 Å². The summed E-state index contributed by atoms with van der Waals surface area (Å²) >= 11 is 0. The van der Waals surface area contributed by atoms with E-state index in [2.05, 4.69) is 31.2 Å². The third kappa shape index (κ3) is 3.05. The van der Waals surface area contributed by atoms with Crippen LogP contribution in [0.15, 0.2) is 53.4 Å². The normalized spacial score (nSPS) is 19.3. The number of aryl methyl sites for hydroxylation is 1. The van der Waals surface area contributed by atoms with Gasteiger partial charge in [-0.1, -0.05) is 48.4 Å². The highest BCUT2D eigenvalue weighted by molar-refractivity contribution is 7.89. The summed E-state index contributed by atoms with van der Waals surface area (Å²) in [5.74, 6) is 0. The van der Waals surface area contributed by atoms with Gasteiger partial charge >= 0.3 is 0 Å². The molecule has 2 aliphatic rings. The van der Waals surface area contributed by atoms with Gasteiger partial charge in [0, 0.05) is 0 Å². The molecule has 0 radical (unpaired) electrons. The number of primary sulfonamides is 1. The molecule has 0 saturated heterocycles. The average Bonchev–Trinajstić information content (AvgIpc) is 2.96. The van der Waals surface area contributed by atoms with Gasteiger partial charge in [0.25, 0.3) is 0 Å². The van der Waals surface area contributed by atoms with Crippen LogP contribution in [0.25, 0.3) is 11.1 Å². The molecule has 1 saturated carbocycles. The Balaban J connectivity index is 1.77. The lowest BCUT2D eigenvalue weighted by Gasteiger charge is -2.39. The summed E-state index contributed by atoms with van der Waals surface area (Å²) in [6, 6.07) is 15.8. The molecule has 130 valence electrons. The maximum atomic E-state index is 11.5. The van der Waals surface area contributed by atoms with Gasteiger partial charge in [-0.2, -0.15) is 0 Å². The van der Waals surface area contributed by atoms with Crippen molar-refractivity contribution >= 4 is 21.2 Å². The Morgan fingerprint density at radius 1 is 0.840 bits per heavy atom. The molecule has 0 heterocycles. The van der Waals surface area contributed by atoms with E-state index in [0.29, 0.717) is 5.41 Å². The lowest BCUT2D eigenvalue weighted by Crippen LogP contribution is -2.26. The first-order valence-electron chi connectivity index (χ1n) is 8.79. The summed E-state index contributed by atoms with van der Waals surface area (Å²) in [7, 11) is -3.65. The molecule has 2 aromatic carbocycles. The van der Waals surface area contributed by atoms with Gasteiger partial charge in [-0.15, -0.1) is 0 Å². The molecule has 4 rings (SSSR count). The molecule has 0 bridgehead atoms. The monoisotopic (exact) mass is 353 g/mol. The first-order valence-corrected chi connectivity index (χ1v) is 10.3. The highest BCUT2D eigenvalue weighted by atomic mass is 32.2. The summed E-state index contributed by atoms with van der Waals surface area (Å²) in [5.41, 5.74) is 6.88. The van der Waals surface area contributed by atoms with Gasteiger partial charge in [-0.25, -0.2) is 13.6 Å². The highest BCUT2D eigenvalue weighted by Crippen LogP contribution is 2.59. The van der Waals surface area contributed by atoms with E-state index in [9.17, 15) is 8.42 Å². The Hall–Kier alpha value is -1.91. The lowest BCUT2D eigenvalue weighted by atomic mass is 9.66. The molecule has 2 N–H and O–H groups in total. The van der Waals surface area contributed by atoms with Gasteiger partial charge in [0.15, 0.2) is 0 Å². The first-order chi connectivity index (χ1) is 11.9. The van der Waals surface area contributed by atoms with Gasteiger partial charge in [0.1, 0.15) is 0 Å². The minimum atomic E-state index is -3.65. The van der Waals surface area contributed by atoms with Crippen LogP contribution < -0.4 is 5.14 Å². The van der Waals surface area contributed by atoms with Crippen molar-refractivity contribution in [2.45, 2.75) is 43.9 Å². The van der Waals surface area contributed by atoms with Crippen LogP contribution in [0.5, 0.6) is 0 Å². The molecule has 0 atom stereocenters. The van der Waals surface area contributed by atoms with Crippen LogP contribution in [0.1, 0.15) is 48.8 Å². The Morgan fingerprint density at radius 2 is 1.32 bits per heavy atom. The summed E-state index contributed by atoms with van der Waals surface area (Å²) in [5, 5.41) is 5.23. The Labute approximate surface area is 149 Å². The molecule has 25 heavy (non-hydrogen) atoms. The molecule has 1 spiro atoms. The van der Waals surface area contributed by atoms with E-state index in [-0.39, 0.29) is 4.90 Å². The third-order valence-electron chi connectivity index (χ3n) is 5.81. The minimum Gasteiger partial charge on any atom is -0.225 e. The maximum absolute atomic E-state index is 11.5. The molecule has 1 fully saturated rings. The van der Waals surface area contributed by atoms with Crippen molar-refractivity contribution in [2.75, 3.05) is 0 Å². The molecule has 0 amide bonds. The number of sulfonamides is 1. The van der Waals surface area contributed by atoms with E-state index >= 15 is 0 Å². The van der Waals surface area contributed by atoms with E-state index in [1.807, 2.05) is 12.1 Å². The molecule has 2 aromatic rings. The fraction of sp³-hybridized carbons (Fsp3) is 0.333. The van der Waals surface area contributed by atoms with Crippen molar-refractivity contribution in [3.05, 3.63) is 65.2 Å². The van der Waals surface area contributed by atoms with Crippen molar-refractivity contribution in [3.63, 3.8) is 0 Å². The number of nitrogens with two attached hydrogens (primary N) is 1. The zero-order valence-electron chi connectivity index (χ0n) is 14.5. The molecular weight excluding hydrogens is 330 g/mol. The molecule has 3 nitrogen and oxygen atoms in total. The van der Waals surface area contributed by atoms with Gasteiger partial charge in [0.2, 0.25) is 10.0 Å². The summed E-state index contributed by atoms with van der Waals surface area (Å²) < 4.78 is 23.0. The molecular formula is C21H23NO2S. The molecule has 0 aliphatic heterocycles. The predicted molar refractivity (Wildman–Crippen MR) is 101 cm³/mol. The topological polar surface area (TPSA) is 60.2 Å². The van der Waals surface area contributed by atoms with Gasteiger partial charge < -0.3 is 0 Å². The third-order valence-corrected chi connectivity index (χ3v) is 6.74. The molecule has 4 heteroatoms. The van der Waals surface area contributed by atoms with Crippen LogP contribution in [-0.2, 0) is 10.0 Å². The second kappa shape index (κ2) is 5.82. The van der Waals surface area contributed by atoms with Gasteiger partial charge in [-0.05, 0) is 72.4 Å². The van der Waals surface area contributed by atoms with E-state index in [4.69, 9.17) is 5.14 Å². The van der Waals surface area contributed by atoms with E-state index in [1.165, 1.54) is 41.5 Å². The minimum absolute atomic E-state index is 0.171. The second-order valence-electron chi connectivity index (χ2n) is 7.60. The maximum Gasteiger partial charge on any atom is 0.238 e. The highest BCUT2D eigenvalue weighted by Gasteiger charge is 2.43. The van der Waals surface area contributed by atoms with Crippen LogP contribution in [0.2, 0.25) is 0 Å². The smallest absolute Gasteiger partial charge is 0.225 e. The van der Waals surface area contributed by atoms with Gasteiger partial charge in [-0.3, -0.25) is 0 Å². The quantitative estimate of drug-likeness (QED) is 0.882. The first kappa shape index (κ1) is 16.6. The van der Waals surface area contributed by atoms with Crippen molar-refractivity contribution in [1.82, 2.24) is 0 Å². The number of hydrogen-bond acceptors (Lipinski definition) is 2. The SMILES string of the molecule is Cc1ccc(C2=C(c3ccc(S(N)(=O)=O)cc3)CC3(CCC3)C2)cc1. The van der Waals surface area contributed by atoms with Crippen LogP contribution in [0.3, 0.4) is 0 Å². The fourth-order valence-electron chi connectivity index (χ4n) is 4.21. The lowest BCUT2D eigenvalue weighted by molar-refractivity contribution is 0.157. The van der Waals surface area contributed by atoms with E-state index in [1.54, 1.807) is 12.1 Å². The fourth-order valence-corrected chi connectivity index (χ4v) is 4.72. The van der Waals surface area contributed by atoms with E-state index < -0.39 is 10.0 Å². The number of benzene rings is 2. The number of hydrogen-bond donors (Lipinski definition) is 1. The number of allylic oxidation sites excluding steroid dienone is 2. The Morgan fingerprint density at radius 3 is 1.72 bits per heavy atom. The van der Waals surface area contributed by atoms with Crippen molar-refractivity contribution in [3.8, 4) is 0 Å². The van der Waals surface area contributed by atoms with Crippen LogP contribution in [-0.4, -0.2) is 8.42 Å². The van der Waals surface area contributed by atoms with Crippen molar-refractivity contribution < 1.29 is 8.42 Å². The van der Waals surface area contributed by atoms with Crippen molar-refractivity contribution in [2.24, 2.45) is 10.6 Å². The van der Waals surface area contributed by atoms with Crippen molar-refractivity contribution in [1.29, 1.82) is 0 Å². The Kier molecular flexibility index (Phi) is 3.85. The molecule has 2 aliphatic carbocycles. The summed E-state index contributed by atoms with van der Waals surface area (Å²) in [4.78, 5) is 0.171. The van der Waals surface area contributed by atoms with Crippen LogP contribution in [0.4, 0.5) is 0 Å². The largest absolute Gasteiger partial charge is 0.238 e. The van der Waals surface area contributed by atoms with Crippen LogP contribution in [0, 0.1) is 12.3 Å². The van der Waals surface area contributed by atoms with Gasteiger partial charge in [0.05, 0.1) is 4.90 Å². The number of rotatable bonds is 3.